The molecule has 7 N–H and O–H groups in total. The molecule has 0 unspecified atom stereocenters. The van der Waals surface area contributed by atoms with Crippen molar-refractivity contribution in [3.8, 4) is 11.5 Å². The number of fused-ring (bicyclic) bond motifs is 2. The lowest BCUT2D eigenvalue weighted by atomic mass is 10.0. The van der Waals surface area contributed by atoms with Crippen molar-refractivity contribution in [2.45, 2.75) is 19.6 Å². The van der Waals surface area contributed by atoms with E-state index in [1.807, 2.05) is 0 Å². The summed E-state index contributed by atoms with van der Waals surface area (Å²) in [5.74, 6) is -3.38. The van der Waals surface area contributed by atoms with Crippen LogP contribution in [0.5, 0.6) is 11.5 Å². The number of phenolic OH excluding ortho intramolecular Hbond substituents is 1. The van der Waals surface area contributed by atoms with E-state index in [0.717, 1.165) is 55.6 Å². The molecule has 0 bridgehead atoms. The van der Waals surface area contributed by atoms with Crippen molar-refractivity contribution in [1.29, 1.82) is 0 Å². The topological polar surface area (TPSA) is 406 Å². The van der Waals surface area contributed by atoms with Gasteiger partial charge in [0.25, 0.3) is 40.5 Å². The van der Waals surface area contributed by atoms with Crippen LogP contribution >= 0.6 is 0 Å². The number of aromatic hydroxyl groups is 1. The highest BCUT2D eigenvalue weighted by Gasteiger charge is 2.27. The first-order chi connectivity index (χ1) is 28.0. The lowest BCUT2D eigenvalue weighted by Gasteiger charge is -2.16. The van der Waals surface area contributed by atoms with Crippen LogP contribution in [0.1, 0.15) is 0 Å². The predicted octanol–water partition coefficient (Wildman–Crippen LogP) is 4.13. The molecule has 5 rings (SSSR count). The zero-order chi connectivity index (χ0) is 45.5. The standard InChI is InChI=1S/C30H27N5O20S6/c1-54-30-20-6-9-23(31-15-57(39,40)41)27(34-32-22-8-4-17(13-25(22)59(45,46)47)56(37,38)11-10-55-61(51,52)53)21(20)14-26(60(48,49)50)28(30)35-33-24-7-2-16-12-18(58(42,43)44)3-5-19(16)29(24)36/h2-9,12-14,31,36H,10-11,15H2,1H3,(H,39,40,41)(H,42,43,44)(H,45,46,47)(H,48,49,50)(H,51,52,53)/b34-32+,35-33+. The van der Waals surface area contributed by atoms with Gasteiger partial charge in [0.1, 0.15) is 38.4 Å². The predicted molar refractivity (Wildman–Crippen MR) is 210 cm³/mol. The van der Waals surface area contributed by atoms with Crippen LogP contribution in [0.3, 0.4) is 0 Å². The van der Waals surface area contributed by atoms with Gasteiger partial charge in [-0.3, -0.25) is 22.8 Å². The van der Waals surface area contributed by atoms with E-state index in [1.54, 1.807) is 0 Å². The molecular formula is C30H27N5O20S6. The van der Waals surface area contributed by atoms with Crippen molar-refractivity contribution >= 4 is 111 Å². The molecule has 0 aliphatic rings. The minimum absolute atomic E-state index is 0.0166. The quantitative estimate of drug-likeness (QED) is 0.0540. The van der Waals surface area contributed by atoms with Crippen LogP contribution < -0.4 is 10.1 Å². The fraction of sp³-hybridized carbons (Fsp3) is 0.133. The number of phenols is 1. The van der Waals surface area contributed by atoms with Gasteiger partial charge in [-0.15, -0.1) is 20.5 Å². The smallest absolute Gasteiger partial charge is 0.397 e. The van der Waals surface area contributed by atoms with Crippen molar-refractivity contribution < 1.29 is 87.3 Å². The van der Waals surface area contributed by atoms with E-state index in [9.17, 15) is 73.8 Å². The molecule has 0 aliphatic heterocycles. The van der Waals surface area contributed by atoms with E-state index in [0.29, 0.717) is 6.07 Å². The number of methoxy groups -OCH3 is 1. The third kappa shape index (κ3) is 11.1. The number of nitrogens with one attached hydrogen (secondary N) is 1. The van der Waals surface area contributed by atoms with Gasteiger partial charge in [0, 0.05) is 16.2 Å². The van der Waals surface area contributed by atoms with E-state index in [-0.39, 0.29) is 32.9 Å². The Morgan fingerprint density at radius 1 is 0.590 bits per heavy atom. The van der Waals surface area contributed by atoms with Crippen LogP contribution in [0, 0.1) is 0 Å². The summed E-state index contributed by atoms with van der Waals surface area (Å²) < 4.78 is 201. The molecule has 5 aromatic rings. The molecule has 0 aliphatic carbocycles. The Bertz CT molecular complexity index is 3380. The average Bonchev–Trinajstić information content (AvgIpc) is 3.13. The Hall–Kier alpha value is -5.32. The van der Waals surface area contributed by atoms with Gasteiger partial charge in [-0.2, -0.15) is 42.1 Å². The molecule has 328 valence electrons. The Morgan fingerprint density at radius 2 is 1.18 bits per heavy atom. The van der Waals surface area contributed by atoms with Gasteiger partial charge < -0.3 is 15.2 Å². The number of sulfone groups is 1. The number of benzene rings is 5. The molecular weight excluding hydrogens is 943 g/mol. The van der Waals surface area contributed by atoms with Gasteiger partial charge in [-0.1, -0.05) is 6.07 Å². The van der Waals surface area contributed by atoms with E-state index >= 15 is 0 Å². The largest absolute Gasteiger partial charge is 0.505 e. The fourth-order valence-electron chi connectivity index (χ4n) is 5.38. The van der Waals surface area contributed by atoms with Gasteiger partial charge in [0.15, 0.2) is 21.3 Å². The highest BCUT2D eigenvalue weighted by molar-refractivity contribution is 7.91. The molecule has 0 spiro atoms. The lowest BCUT2D eigenvalue weighted by Crippen LogP contribution is -2.16. The summed E-state index contributed by atoms with van der Waals surface area (Å²) in [6, 6.07) is 10.5. The summed E-state index contributed by atoms with van der Waals surface area (Å²) in [5.41, 5.74) is -2.74. The second kappa shape index (κ2) is 16.9. The second-order valence-corrected chi connectivity index (χ2v) is 20.9. The van der Waals surface area contributed by atoms with Crippen molar-refractivity contribution in [2.24, 2.45) is 20.5 Å². The summed E-state index contributed by atoms with van der Waals surface area (Å²) in [6.07, 6.45) is 0. The highest BCUT2D eigenvalue weighted by Crippen LogP contribution is 2.48. The van der Waals surface area contributed by atoms with Crippen LogP contribution in [-0.4, -0.2) is 104 Å². The fourth-order valence-corrected chi connectivity index (χ4v) is 9.11. The highest BCUT2D eigenvalue weighted by atomic mass is 32.3. The summed E-state index contributed by atoms with van der Waals surface area (Å²) in [7, 11) is -28.7. The second-order valence-electron chi connectivity index (χ2n) is 12.1. The van der Waals surface area contributed by atoms with E-state index < -0.39 is 127 Å². The van der Waals surface area contributed by atoms with Crippen molar-refractivity contribution in [3.05, 3.63) is 66.7 Å². The number of anilines is 1. The zero-order valence-corrected chi connectivity index (χ0v) is 35.0. The number of hydrogen-bond donors (Lipinski definition) is 7. The van der Waals surface area contributed by atoms with Gasteiger partial charge in [-0.25, -0.2) is 12.6 Å². The third-order valence-electron chi connectivity index (χ3n) is 8.02. The first-order valence-corrected chi connectivity index (χ1v) is 24.8. The lowest BCUT2D eigenvalue weighted by molar-refractivity contribution is 0.284. The maximum absolute atomic E-state index is 12.9. The summed E-state index contributed by atoms with van der Waals surface area (Å²) in [6.45, 7) is -1.10. The minimum atomic E-state index is -5.36. The first-order valence-electron chi connectivity index (χ1n) is 15.9. The summed E-state index contributed by atoms with van der Waals surface area (Å²) in [4.78, 5) is -3.57. The van der Waals surface area contributed by atoms with Crippen molar-refractivity contribution in [1.82, 2.24) is 0 Å². The molecule has 0 radical (unpaired) electrons. The molecule has 0 saturated heterocycles. The number of hydrogen-bond acceptors (Lipinski definition) is 20. The van der Waals surface area contributed by atoms with Crippen LogP contribution in [0.25, 0.3) is 21.5 Å². The molecule has 0 fully saturated rings. The van der Waals surface area contributed by atoms with E-state index in [1.165, 1.54) is 12.1 Å². The maximum Gasteiger partial charge on any atom is 0.397 e. The van der Waals surface area contributed by atoms with Gasteiger partial charge >= 0.3 is 10.4 Å². The van der Waals surface area contributed by atoms with E-state index in [2.05, 4.69) is 30.0 Å². The Labute approximate surface area is 345 Å². The number of azo groups is 2. The Balaban J connectivity index is 1.71. The zero-order valence-electron chi connectivity index (χ0n) is 30.1. The van der Waals surface area contributed by atoms with Gasteiger partial charge in [-0.05, 0) is 66.0 Å². The van der Waals surface area contributed by atoms with Gasteiger partial charge in [0.05, 0.1) is 34.9 Å². The molecule has 5 aromatic carbocycles. The average molecular weight is 970 g/mol. The molecule has 0 amide bonds. The van der Waals surface area contributed by atoms with Crippen LogP contribution in [-0.2, 0) is 64.9 Å². The number of ether oxygens (including phenoxy) is 1. The molecule has 0 heterocycles. The molecule has 31 heteroatoms. The molecule has 0 atom stereocenters. The monoisotopic (exact) mass is 969 g/mol. The minimum Gasteiger partial charge on any atom is -0.505 e. The van der Waals surface area contributed by atoms with E-state index in [4.69, 9.17) is 9.29 Å². The van der Waals surface area contributed by atoms with Gasteiger partial charge in [0.2, 0.25) is 0 Å². The SMILES string of the molecule is COc1c(/N=N/c2ccc3cc(S(=O)(=O)O)ccc3c2O)c(S(=O)(=O)O)cc2c(/N=N/c3ccc(S(=O)(=O)CCOS(=O)(=O)O)cc3S(=O)(=O)O)c(NCS(=O)(=O)O)ccc12. The third-order valence-corrected chi connectivity index (χ3v) is 13.3. The Kier molecular flexibility index (Phi) is 12.9. The number of nitrogens with zero attached hydrogens (tertiary/aromatic N) is 4. The Morgan fingerprint density at radius 3 is 1.77 bits per heavy atom. The van der Waals surface area contributed by atoms with Crippen molar-refractivity contribution in [3.63, 3.8) is 0 Å². The maximum atomic E-state index is 12.9. The normalized spacial score (nSPS) is 13.4. The molecule has 25 nitrogen and oxygen atoms in total. The summed E-state index contributed by atoms with van der Waals surface area (Å²) in [5, 5.41) is 28.2. The molecule has 0 saturated carbocycles. The summed E-state index contributed by atoms with van der Waals surface area (Å²) >= 11 is 0. The number of rotatable bonds is 16. The first kappa shape index (κ1) is 46.7. The molecule has 0 aromatic heterocycles. The molecule has 61 heavy (non-hydrogen) atoms. The van der Waals surface area contributed by atoms with Crippen LogP contribution in [0.2, 0.25) is 0 Å². The van der Waals surface area contributed by atoms with Crippen LogP contribution in [0.15, 0.2) is 107 Å². The van der Waals surface area contributed by atoms with Crippen LogP contribution in [0.4, 0.5) is 28.4 Å². The van der Waals surface area contributed by atoms with Crippen molar-refractivity contribution in [2.75, 3.05) is 30.7 Å².